The summed E-state index contributed by atoms with van der Waals surface area (Å²) < 4.78 is 1.89. The van der Waals surface area contributed by atoms with E-state index < -0.39 is 0 Å². The molecule has 0 atom stereocenters. The maximum absolute atomic E-state index is 5.83. The van der Waals surface area contributed by atoms with Crippen LogP contribution in [-0.2, 0) is 6.54 Å². The van der Waals surface area contributed by atoms with Crippen molar-refractivity contribution in [1.29, 1.82) is 0 Å². The van der Waals surface area contributed by atoms with Crippen LogP contribution in [0.4, 0.5) is 5.69 Å². The van der Waals surface area contributed by atoms with Crippen molar-refractivity contribution in [2.75, 3.05) is 5.43 Å². The third-order valence-corrected chi connectivity index (χ3v) is 3.34. The standard InChI is InChI=1S/C17H15ClN4/c18-16-6-8-17(9-7-16)21-19-10-15-11-20-22(13-15)12-14-4-2-1-3-5-14/h1-11,13,21H,12H2/b19-10-. The normalized spacial score (nSPS) is 11.0. The summed E-state index contributed by atoms with van der Waals surface area (Å²) >= 11 is 5.83. The van der Waals surface area contributed by atoms with E-state index >= 15 is 0 Å². The molecule has 3 aromatic rings. The van der Waals surface area contributed by atoms with Gasteiger partial charge in [-0.3, -0.25) is 10.1 Å². The zero-order valence-electron chi connectivity index (χ0n) is 11.9. The Morgan fingerprint density at radius 1 is 1.09 bits per heavy atom. The highest BCUT2D eigenvalue weighted by Crippen LogP contribution is 2.13. The van der Waals surface area contributed by atoms with E-state index in [1.165, 1.54) is 5.56 Å². The van der Waals surface area contributed by atoms with Crippen molar-refractivity contribution in [2.24, 2.45) is 5.10 Å². The molecular weight excluding hydrogens is 296 g/mol. The molecule has 1 aromatic heterocycles. The summed E-state index contributed by atoms with van der Waals surface area (Å²) in [6.07, 6.45) is 5.49. The van der Waals surface area contributed by atoms with Crippen molar-refractivity contribution in [1.82, 2.24) is 9.78 Å². The van der Waals surface area contributed by atoms with E-state index in [4.69, 9.17) is 11.6 Å². The first-order valence-electron chi connectivity index (χ1n) is 6.91. The van der Waals surface area contributed by atoms with Crippen LogP contribution in [-0.4, -0.2) is 16.0 Å². The summed E-state index contributed by atoms with van der Waals surface area (Å²) in [5, 5.41) is 9.22. The molecule has 1 heterocycles. The molecule has 22 heavy (non-hydrogen) atoms. The molecule has 0 saturated carbocycles. The predicted octanol–water partition coefficient (Wildman–Crippen LogP) is 4.03. The largest absolute Gasteiger partial charge is 0.279 e. The Labute approximate surface area is 134 Å². The summed E-state index contributed by atoms with van der Waals surface area (Å²) in [5.74, 6) is 0. The van der Waals surface area contributed by atoms with Gasteiger partial charge < -0.3 is 0 Å². The second kappa shape index (κ2) is 6.91. The van der Waals surface area contributed by atoms with Crippen LogP contribution in [0.25, 0.3) is 0 Å². The number of hydrogen-bond donors (Lipinski definition) is 1. The second-order valence-corrected chi connectivity index (χ2v) is 5.27. The maximum atomic E-state index is 5.83. The number of nitrogens with zero attached hydrogens (tertiary/aromatic N) is 3. The lowest BCUT2D eigenvalue weighted by Gasteiger charge is -2.00. The lowest BCUT2D eigenvalue weighted by Crippen LogP contribution is -1.99. The van der Waals surface area contributed by atoms with Crippen molar-refractivity contribution in [3.8, 4) is 0 Å². The van der Waals surface area contributed by atoms with Gasteiger partial charge in [0.15, 0.2) is 0 Å². The first kappa shape index (κ1) is 14.4. The summed E-state index contributed by atoms with van der Waals surface area (Å²) in [6.45, 7) is 0.749. The Hall–Kier alpha value is -2.59. The minimum Gasteiger partial charge on any atom is -0.279 e. The Kier molecular flexibility index (Phi) is 4.51. The van der Waals surface area contributed by atoms with E-state index in [0.29, 0.717) is 5.02 Å². The highest BCUT2D eigenvalue weighted by Gasteiger charge is 1.97. The van der Waals surface area contributed by atoms with Crippen LogP contribution in [0.1, 0.15) is 11.1 Å². The van der Waals surface area contributed by atoms with Gasteiger partial charge in [0.25, 0.3) is 0 Å². The molecule has 4 nitrogen and oxygen atoms in total. The van der Waals surface area contributed by atoms with Crippen LogP contribution in [0.5, 0.6) is 0 Å². The van der Waals surface area contributed by atoms with Gasteiger partial charge in [-0.25, -0.2) is 0 Å². The molecule has 0 spiro atoms. The van der Waals surface area contributed by atoms with E-state index in [-0.39, 0.29) is 0 Å². The molecule has 0 bridgehead atoms. The van der Waals surface area contributed by atoms with E-state index in [1.54, 1.807) is 12.4 Å². The van der Waals surface area contributed by atoms with E-state index in [9.17, 15) is 0 Å². The molecule has 1 N–H and O–H groups in total. The molecule has 5 heteroatoms. The summed E-state index contributed by atoms with van der Waals surface area (Å²) in [7, 11) is 0. The smallest absolute Gasteiger partial charge is 0.0659 e. The first-order valence-corrected chi connectivity index (χ1v) is 7.28. The minimum absolute atomic E-state index is 0.705. The summed E-state index contributed by atoms with van der Waals surface area (Å²) in [5.41, 5.74) is 6.00. The van der Waals surface area contributed by atoms with Crippen molar-refractivity contribution < 1.29 is 0 Å². The van der Waals surface area contributed by atoms with Crippen LogP contribution in [0.3, 0.4) is 0 Å². The number of halogens is 1. The second-order valence-electron chi connectivity index (χ2n) is 4.83. The highest BCUT2D eigenvalue weighted by atomic mass is 35.5. The predicted molar refractivity (Wildman–Crippen MR) is 90.4 cm³/mol. The van der Waals surface area contributed by atoms with Crippen molar-refractivity contribution in [3.05, 3.63) is 83.1 Å². The molecule has 3 rings (SSSR count). The first-order chi connectivity index (χ1) is 10.8. The van der Waals surface area contributed by atoms with Gasteiger partial charge >= 0.3 is 0 Å². The monoisotopic (exact) mass is 310 g/mol. The fourth-order valence-electron chi connectivity index (χ4n) is 2.01. The number of anilines is 1. The Morgan fingerprint density at radius 3 is 2.64 bits per heavy atom. The van der Waals surface area contributed by atoms with Gasteiger partial charge in [-0.1, -0.05) is 41.9 Å². The third-order valence-electron chi connectivity index (χ3n) is 3.09. The van der Waals surface area contributed by atoms with Gasteiger partial charge in [-0.15, -0.1) is 0 Å². The third kappa shape index (κ3) is 3.96. The van der Waals surface area contributed by atoms with Crippen molar-refractivity contribution in [3.63, 3.8) is 0 Å². The SMILES string of the molecule is Clc1ccc(N/N=C\c2cnn(Cc3ccccc3)c2)cc1. The average Bonchev–Trinajstić information content (AvgIpc) is 2.98. The van der Waals surface area contributed by atoms with Gasteiger partial charge in [0, 0.05) is 16.8 Å². The molecule has 0 unspecified atom stereocenters. The topological polar surface area (TPSA) is 42.2 Å². The summed E-state index contributed by atoms with van der Waals surface area (Å²) in [6, 6.07) is 17.6. The number of hydrazone groups is 1. The van der Waals surface area contributed by atoms with Crippen molar-refractivity contribution in [2.45, 2.75) is 6.54 Å². The van der Waals surface area contributed by atoms with Crippen LogP contribution in [0.2, 0.25) is 5.02 Å². The van der Waals surface area contributed by atoms with Crippen LogP contribution >= 0.6 is 11.6 Å². The molecule has 2 aromatic carbocycles. The van der Waals surface area contributed by atoms with Crippen LogP contribution < -0.4 is 5.43 Å². The zero-order chi connectivity index (χ0) is 15.2. The van der Waals surface area contributed by atoms with E-state index in [2.05, 4.69) is 27.8 Å². The maximum Gasteiger partial charge on any atom is 0.0659 e. The molecule has 0 fully saturated rings. The quantitative estimate of drug-likeness (QED) is 0.571. The number of hydrogen-bond acceptors (Lipinski definition) is 3. The van der Waals surface area contributed by atoms with Gasteiger partial charge in [-0.2, -0.15) is 10.2 Å². The molecule has 0 aliphatic heterocycles. The minimum atomic E-state index is 0.705. The van der Waals surface area contributed by atoms with Gasteiger partial charge in [0.05, 0.1) is 24.6 Å². The molecule has 0 radical (unpaired) electrons. The zero-order valence-corrected chi connectivity index (χ0v) is 12.6. The molecule has 0 saturated heterocycles. The number of benzene rings is 2. The Bertz CT molecular complexity index is 748. The highest BCUT2D eigenvalue weighted by molar-refractivity contribution is 6.30. The molecule has 110 valence electrons. The number of rotatable bonds is 5. The average molecular weight is 311 g/mol. The van der Waals surface area contributed by atoms with Crippen molar-refractivity contribution >= 4 is 23.5 Å². The molecule has 0 amide bonds. The lowest BCUT2D eigenvalue weighted by atomic mass is 10.2. The fraction of sp³-hybridized carbons (Fsp3) is 0.0588. The van der Waals surface area contributed by atoms with E-state index in [1.807, 2.05) is 53.3 Å². The van der Waals surface area contributed by atoms with Gasteiger partial charge in [-0.05, 0) is 29.8 Å². The molecule has 0 aliphatic rings. The van der Waals surface area contributed by atoms with Crippen LogP contribution in [0, 0.1) is 0 Å². The fourth-order valence-corrected chi connectivity index (χ4v) is 2.13. The van der Waals surface area contributed by atoms with Gasteiger partial charge in [0.1, 0.15) is 0 Å². The summed E-state index contributed by atoms with van der Waals surface area (Å²) in [4.78, 5) is 0. The van der Waals surface area contributed by atoms with Gasteiger partial charge in [0.2, 0.25) is 0 Å². The molecular formula is C17H15ClN4. The Morgan fingerprint density at radius 2 is 1.86 bits per heavy atom. The van der Waals surface area contributed by atoms with Crippen LogP contribution in [0.15, 0.2) is 72.1 Å². The Balaban J connectivity index is 1.59. The number of nitrogens with one attached hydrogen (secondary N) is 1. The lowest BCUT2D eigenvalue weighted by molar-refractivity contribution is 0.687. The number of aromatic nitrogens is 2. The van der Waals surface area contributed by atoms with E-state index in [0.717, 1.165) is 17.8 Å². The molecule has 0 aliphatic carbocycles.